The highest BCUT2D eigenvalue weighted by atomic mass is 16.4. The van der Waals surface area contributed by atoms with Crippen LogP contribution < -0.4 is 10.6 Å². The van der Waals surface area contributed by atoms with Crippen LogP contribution in [0.5, 0.6) is 0 Å². The summed E-state index contributed by atoms with van der Waals surface area (Å²) in [5.74, 6) is 1.86. The van der Waals surface area contributed by atoms with Gasteiger partial charge in [-0.05, 0) is 38.8 Å². The third-order valence-electron chi connectivity index (χ3n) is 2.94. The average molecular weight is 208 g/mol. The Balaban J connectivity index is 1.65. The molecule has 0 bridgehead atoms. The highest BCUT2D eigenvalue weighted by Gasteiger charge is 2.11. The van der Waals surface area contributed by atoms with Crippen molar-refractivity contribution in [3.8, 4) is 0 Å². The lowest BCUT2D eigenvalue weighted by Gasteiger charge is -2.23. The van der Waals surface area contributed by atoms with Gasteiger partial charge in [-0.2, -0.15) is 0 Å². The van der Waals surface area contributed by atoms with E-state index in [-0.39, 0.29) is 0 Å². The van der Waals surface area contributed by atoms with Crippen molar-refractivity contribution in [1.29, 1.82) is 0 Å². The molecular weight excluding hydrogens is 188 g/mol. The number of hydrogen-bond acceptors (Lipinski definition) is 3. The van der Waals surface area contributed by atoms with Gasteiger partial charge in [0, 0.05) is 18.7 Å². The third-order valence-corrected chi connectivity index (χ3v) is 2.94. The topological polar surface area (TPSA) is 37.2 Å². The predicted octanol–water partition coefficient (Wildman–Crippen LogP) is 2.53. The first-order chi connectivity index (χ1) is 7.34. The first-order valence-electron chi connectivity index (χ1n) is 5.88. The fraction of sp³-hybridized carbons (Fsp3) is 0.667. The normalized spacial score (nSPS) is 21.5. The van der Waals surface area contributed by atoms with E-state index in [0.717, 1.165) is 18.2 Å². The highest BCUT2D eigenvalue weighted by molar-refractivity contribution is 5.31. The summed E-state index contributed by atoms with van der Waals surface area (Å²) < 4.78 is 5.44. The number of aryl methyl sites for hydroxylation is 1. The molecular formula is C12H20N2O. The fourth-order valence-corrected chi connectivity index (χ4v) is 2.07. The molecule has 84 valence electrons. The van der Waals surface area contributed by atoms with Gasteiger partial charge in [0.15, 0.2) is 5.88 Å². The van der Waals surface area contributed by atoms with E-state index in [4.69, 9.17) is 4.42 Å². The predicted molar refractivity (Wildman–Crippen MR) is 62.2 cm³/mol. The Labute approximate surface area is 91.2 Å². The van der Waals surface area contributed by atoms with Crippen molar-refractivity contribution < 1.29 is 4.42 Å². The Bertz CT molecular complexity index is 290. The molecule has 1 aromatic heterocycles. The minimum absolute atomic E-state index is 0.697. The number of hydrogen-bond donors (Lipinski definition) is 2. The van der Waals surface area contributed by atoms with Gasteiger partial charge in [0.05, 0.1) is 0 Å². The quantitative estimate of drug-likeness (QED) is 0.798. The van der Waals surface area contributed by atoms with Crippen LogP contribution in [-0.2, 0) is 0 Å². The molecule has 15 heavy (non-hydrogen) atoms. The van der Waals surface area contributed by atoms with Gasteiger partial charge < -0.3 is 15.1 Å². The van der Waals surface area contributed by atoms with Gasteiger partial charge in [0.25, 0.3) is 0 Å². The molecule has 1 saturated heterocycles. The zero-order chi connectivity index (χ0) is 10.5. The van der Waals surface area contributed by atoms with Crippen LogP contribution in [0.15, 0.2) is 16.5 Å². The SMILES string of the molecule is Cc1ccc(NCCC2CCCCN2)o1. The van der Waals surface area contributed by atoms with E-state index < -0.39 is 0 Å². The maximum atomic E-state index is 5.44. The summed E-state index contributed by atoms with van der Waals surface area (Å²) in [6.45, 7) is 4.14. The summed E-state index contributed by atoms with van der Waals surface area (Å²) in [7, 11) is 0. The summed E-state index contributed by atoms with van der Waals surface area (Å²) in [6, 6.07) is 4.67. The molecule has 3 heteroatoms. The minimum Gasteiger partial charge on any atom is -0.446 e. The average Bonchev–Trinajstić information content (AvgIpc) is 2.66. The van der Waals surface area contributed by atoms with Gasteiger partial charge in [0.1, 0.15) is 5.76 Å². The summed E-state index contributed by atoms with van der Waals surface area (Å²) in [5.41, 5.74) is 0. The first-order valence-corrected chi connectivity index (χ1v) is 5.88. The number of piperidine rings is 1. The zero-order valence-electron chi connectivity index (χ0n) is 9.38. The maximum absolute atomic E-state index is 5.44. The second-order valence-electron chi connectivity index (χ2n) is 4.27. The smallest absolute Gasteiger partial charge is 0.193 e. The maximum Gasteiger partial charge on any atom is 0.193 e. The second-order valence-corrected chi connectivity index (χ2v) is 4.27. The van der Waals surface area contributed by atoms with Crippen molar-refractivity contribution in [3.05, 3.63) is 17.9 Å². The summed E-state index contributed by atoms with van der Waals surface area (Å²) in [6.07, 6.45) is 5.21. The number of furan rings is 1. The van der Waals surface area contributed by atoms with Crippen LogP contribution in [0.2, 0.25) is 0 Å². The fourth-order valence-electron chi connectivity index (χ4n) is 2.07. The summed E-state index contributed by atoms with van der Waals surface area (Å²) in [5, 5.41) is 6.85. The molecule has 2 rings (SSSR count). The lowest BCUT2D eigenvalue weighted by molar-refractivity contribution is 0.388. The zero-order valence-corrected chi connectivity index (χ0v) is 9.38. The molecule has 0 radical (unpaired) electrons. The standard InChI is InChI=1S/C12H20N2O/c1-10-5-6-12(15-10)14-9-7-11-4-2-3-8-13-11/h5-6,11,13-14H,2-4,7-9H2,1H3. The first kappa shape index (κ1) is 10.6. The molecule has 1 atom stereocenters. The highest BCUT2D eigenvalue weighted by Crippen LogP contribution is 2.13. The van der Waals surface area contributed by atoms with Crippen LogP contribution in [0.4, 0.5) is 5.88 Å². The Morgan fingerprint density at radius 2 is 2.40 bits per heavy atom. The van der Waals surface area contributed by atoms with Crippen LogP contribution >= 0.6 is 0 Å². The van der Waals surface area contributed by atoms with Crippen molar-refractivity contribution in [2.45, 2.75) is 38.6 Å². The van der Waals surface area contributed by atoms with Gasteiger partial charge in [-0.3, -0.25) is 0 Å². The van der Waals surface area contributed by atoms with Crippen molar-refractivity contribution in [2.24, 2.45) is 0 Å². The van der Waals surface area contributed by atoms with E-state index in [1.807, 2.05) is 19.1 Å². The van der Waals surface area contributed by atoms with Crippen LogP contribution in [0.1, 0.15) is 31.4 Å². The van der Waals surface area contributed by atoms with E-state index in [0.29, 0.717) is 6.04 Å². The molecule has 0 aromatic carbocycles. The van der Waals surface area contributed by atoms with Crippen molar-refractivity contribution in [2.75, 3.05) is 18.4 Å². The van der Waals surface area contributed by atoms with E-state index >= 15 is 0 Å². The lowest BCUT2D eigenvalue weighted by Crippen LogP contribution is -2.35. The Kier molecular flexibility index (Phi) is 3.67. The Morgan fingerprint density at radius 3 is 3.07 bits per heavy atom. The lowest BCUT2D eigenvalue weighted by atomic mass is 10.0. The molecule has 2 heterocycles. The molecule has 1 fully saturated rings. The summed E-state index contributed by atoms with van der Waals surface area (Å²) in [4.78, 5) is 0. The van der Waals surface area contributed by atoms with Crippen LogP contribution in [-0.4, -0.2) is 19.1 Å². The van der Waals surface area contributed by atoms with Crippen LogP contribution in [0.3, 0.4) is 0 Å². The largest absolute Gasteiger partial charge is 0.446 e. The van der Waals surface area contributed by atoms with Gasteiger partial charge in [-0.25, -0.2) is 0 Å². The van der Waals surface area contributed by atoms with Gasteiger partial charge in [-0.15, -0.1) is 0 Å². The number of rotatable bonds is 4. The van der Waals surface area contributed by atoms with E-state index in [1.165, 1.54) is 32.2 Å². The molecule has 1 unspecified atom stereocenters. The Hall–Kier alpha value is -0.960. The minimum atomic E-state index is 0.697. The molecule has 0 amide bonds. The van der Waals surface area contributed by atoms with Crippen molar-refractivity contribution >= 4 is 5.88 Å². The number of anilines is 1. The molecule has 1 aromatic rings. The van der Waals surface area contributed by atoms with E-state index in [2.05, 4.69) is 10.6 Å². The van der Waals surface area contributed by atoms with Crippen LogP contribution in [0, 0.1) is 6.92 Å². The second kappa shape index (κ2) is 5.21. The Morgan fingerprint density at radius 1 is 1.47 bits per heavy atom. The van der Waals surface area contributed by atoms with E-state index in [1.54, 1.807) is 0 Å². The third kappa shape index (κ3) is 3.27. The monoisotopic (exact) mass is 208 g/mol. The van der Waals surface area contributed by atoms with Crippen molar-refractivity contribution in [1.82, 2.24) is 5.32 Å². The molecule has 2 N–H and O–H groups in total. The molecule has 3 nitrogen and oxygen atoms in total. The molecule has 0 saturated carbocycles. The van der Waals surface area contributed by atoms with Crippen LogP contribution in [0.25, 0.3) is 0 Å². The van der Waals surface area contributed by atoms with Gasteiger partial charge in [-0.1, -0.05) is 6.42 Å². The van der Waals surface area contributed by atoms with Gasteiger partial charge in [0.2, 0.25) is 0 Å². The number of nitrogens with one attached hydrogen (secondary N) is 2. The molecule has 1 aliphatic heterocycles. The van der Waals surface area contributed by atoms with Crippen molar-refractivity contribution in [3.63, 3.8) is 0 Å². The molecule has 0 spiro atoms. The molecule has 1 aliphatic rings. The van der Waals surface area contributed by atoms with Gasteiger partial charge >= 0.3 is 0 Å². The summed E-state index contributed by atoms with van der Waals surface area (Å²) >= 11 is 0. The molecule has 0 aliphatic carbocycles. The van der Waals surface area contributed by atoms with E-state index in [9.17, 15) is 0 Å².